The highest BCUT2D eigenvalue weighted by Crippen LogP contribution is 2.53. The predicted octanol–water partition coefficient (Wildman–Crippen LogP) is 12.3. The molecule has 0 spiro atoms. The lowest BCUT2D eigenvalue weighted by Gasteiger charge is -2.45. The van der Waals surface area contributed by atoms with Gasteiger partial charge >= 0.3 is 0 Å². The molecule has 0 saturated heterocycles. The zero-order valence-corrected chi connectivity index (χ0v) is 24.7. The Balaban J connectivity index is 1.81. The minimum atomic E-state index is 0.496. The van der Waals surface area contributed by atoms with Gasteiger partial charge in [0.2, 0.25) is 0 Å². The molecular weight excluding hydrogens is 432 g/mol. The maximum absolute atomic E-state index is 2.89. The monoisotopic (exact) mass is 494 g/mol. The van der Waals surface area contributed by atoms with E-state index in [1.54, 1.807) is 0 Å². The van der Waals surface area contributed by atoms with Gasteiger partial charge < -0.3 is 0 Å². The Morgan fingerprint density at radius 3 is 1.64 bits per heavy atom. The van der Waals surface area contributed by atoms with Crippen LogP contribution in [0.15, 0.2) is 23.3 Å². The van der Waals surface area contributed by atoms with Crippen LogP contribution < -0.4 is 0 Å². The van der Waals surface area contributed by atoms with Crippen LogP contribution in [0, 0.1) is 22.7 Å². The fourth-order valence-corrected chi connectivity index (χ4v) is 9.29. The first-order valence-electron chi connectivity index (χ1n) is 17.2. The fourth-order valence-electron chi connectivity index (χ4n) is 9.29. The van der Waals surface area contributed by atoms with Gasteiger partial charge in [-0.05, 0) is 92.4 Å². The van der Waals surface area contributed by atoms with Gasteiger partial charge in [-0.2, -0.15) is 0 Å². The number of rotatable bonds is 11. The van der Waals surface area contributed by atoms with Crippen molar-refractivity contribution in [2.24, 2.45) is 22.7 Å². The van der Waals surface area contributed by atoms with Crippen LogP contribution in [0.4, 0.5) is 0 Å². The van der Waals surface area contributed by atoms with Crippen molar-refractivity contribution in [2.45, 2.75) is 181 Å². The maximum atomic E-state index is 2.89. The summed E-state index contributed by atoms with van der Waals surface area (Å²) in [5, 5.41) is 0. The molecule has 0 aromatic rings. The molecule has 0 unspecified atom stereocenters. The molecule has 0 atom stereocenters. The number of hydrogen-bond acceptors (Lipinski definition) is 0. The van der Waals surface area contributed by atoms with Gasteiger partial charge in [-0.15, -0.1) is 0 Å². The van der Waals surface area contributed by atoms with Gasteiger partial charge in [0.05, 0.1) is 0 Å². The van der Waals surface area contributed by atoms with Crippen LogP contribution in [0.5, 0.6) is 0 Å². The van der Waals surface area contributed by atoms with Crippen molar-refractivity contribution in [3.05, 3.63) is 23.3 Å². The lowest BCUT2D eigenvalue weighted by Crippen LogP contribution is -2.31. The summed E-state index contributed by atoms with van der Waals surface area (Å²) in [5.74, 6) is 1.81. The Kier molecular flexibility index (Phi) is 11.5. The van der Waals surface area contributed by atoms with Crippen LogP contribution >= 0.6 is 0 Å². The van der Waals surface area contributed by atoms with Crippen molar-refractivity contribution in [3.8, 4) is 0 Å². The average Bonchev–Trinajstić information content (AvgIpc) is 2.93. The molecule has 4 fully saturated rings. The molecule has 0 heteroatoms. The highest BCUT2D eigenvalue weighted by atomic mass is 14.4. The van der Waals surface area contributed by atoms with Gasteiger partial charge in [0, 0.05) is 0 Å². The van der Waals surface area contributed by atoms with Crippen LogP contribution in [0.25, 0.3) is 0 Å². The van der Waals surface area contributed by atoms with Gasteiger partial charge in [0.1, 0.15) is 0 Å². The SMILES string of the molecule is CCCCCC1(C(/C=C/C2(CCC)CCCCC2)=C(C2CCCCC2)C2CCCCC2)CCCCC1. The van der Waals surface area contributed by atoms with Crippen molar-refractivity contribution in [1.29, 1.82) is 0 Å². The molecule has 4 aliphatic rings. The maximum Gasteiger partial charge on any atom is -0.00473 e. The van der Waals surface area contributed by atoms with E-state index in [2.05, 4.69) is 26.0 Å². The van der Waals surface area contributed by atoms with Crippen LogP contribution in [-0.2, 0) is 0 Å². The van der Waals surface area contributed by atoms with Crippen molar-refractivity contribution >= 4 is 0 Å². The van der Waals surface area contributed by atoms with Crippen LogP contribution in [0.3, 0.4) is 0 Å². The molecule has 4 saturated carbocycles. The van der Waals surface area contributed by atoms with E-state index in [1.165, 1.54) is 167 Å². The topological polar surface area (TPSA) is 0 Å². The van der Waals surface area contributed by atoms with Crippen LogP contribution in [0.2, 0.25) is 0 Å². The van der Waals surface area contributed by atoms with Crippen LogP contribution in [0.1, 0.15) is 181 Å². The van der Waals surface area contributed by atoms with E-state index in [0.29, 0.717) is 10.8 Å². The van der Waals surface area contributed by atoms with E-state index in [4.69, 9.17) is 0 Å². The molecule has 0 aliphatic heterocycles. The molecule has 4 rings (SSSR count). The van der Waals surface area contributed by atoms with Crippen molar-refractivity contribution in [3.63, 3.8) is 0 Å². The Morgan fingerprint density at radius 1 is 0.583 bits per heavy atom. The first-order valence-corrected chi connectivity index (χ1v) is 17.2. The summed E-state index contributed by atoms with van der Waals surface area (Å²) in [6, 6.07) is 0. The average molecular weight is 495 g/mol. The van der Waals surface area contributed by atoms with E-state index in [1.807, 2.05) is 11.1 Å². The van der Waals surface area contributed by atoms with Gasteiger partial charge in [-0.1, -0.05) is 134 Å². The first kappa shape index (κ1) is 28.5. The first-order chi connectivity index (χ1) is 17.7. The molecule has 0 aromatic heterocycles. The molecule has 0 heterocycles. The molecule has 36 heavy (non-hydrogen) atoms. The van der Waals surface area contributed by atoms with E-state index in [-0.39, 0.29) is 0 Å². The van der Waals surface area contributed by atoms with Gasteiger partial charge in [0.15, 0.2) is 0 Å². The molecule has 0 bridgehead atoms. The molecular formula is C36H62. The summed E-state index contributed by atoms with van der Waals surface area (Å²) >= 11 is 0. The summed E-state index contributed by atoms with van der Waals surface area (Å²) in [7, 11) is 0. The molecule has 4 aliphatic carbocycles. The molecule has 0 radical (unpaired) electrons. The molecule has 206 valence electrons. The smallest absolute Gasteiger partial charge is 0.00473 e. The number of hydrogen-bond donors (Lipinski definition) is 0. The molecule has 0 amide bonds. The minimum Gasteiger partial charge on any atom is -0.0780 e. The van der Waals surface area contributed by atoms with Crippen molar-refractivity contribution in [1.82, 2.24) is 0 Å². The largest absolute Gasteiger partial charge is 0.0780 e. The Morgan fingerprint density at radius 2 is 1.11 bits per heavy atom. The second-order valence-corrected chi connectivity index (χ2v) is 13.8. The standard InChI is InChI=1S/C36H62/c1-3-5-14-27-36(28-17-9-18-29-36)33(23-30-35(24-4-2)25-15-8-16-26-35)34(31-19-10-6-11-20-31)32-21-12-7-13-22-32/h23,30-32H,3-22,24-29H2,1-2H3/b30-23+. The number of allylic oxidation sites excluding steroid dienone is 4. The zero-order valence-electron chi connectivity index (χ0n) is 24.7. The van der Waals surface area contributed by atoms with Crippen molar-refractivity contribution < 1.29 is 0 Å². The molecule has 0 N–H and O–H groups in total. The lowest BCUT2D eigenvalue weighted by molar-refractivity contribution is 0.207. The summed E-state index contributed by atoms with van der Waals surface area (Å²) in [6.07, 6.45) is 43.9. The Hall–Kier alpha value is -0.520. The summed E-state index contributed by atoms with van der Waals surface area (Å²) in [5.41, 5.74) is 5.00. The zero-order chi connectivity index (χ0) is 25.1. The minimum absolute atomic E-state index is 0.496. The third-order valence-electron chi connectivity index (χ3n) is 11.2. The van der Waals surface area contributed by atoms with Crippen molar-refractivity contribution in [2.75, 3.05) is 0 Å². The van der Waals surface area contributed by atoms with Gasteiger partial charge in [-0.25, -0.2) is 0 Å². The molecule has 0 nitrogen and oxygen atoms in total. The third-order valence-corrected chi connectivity index (χ3v) is 11.2. The Bertz CT molecular complexity index is 643. The Labute approximate surface area is 226 Å². The fraction of sp³-hybridized carbons (Fsp3) is 0.889. The van der Waals surface area contributed by atoms with Crippen LogP contribution in [-0.4, -0.2) is 0 Å². The van der Waals surface area contributed by atoms with E-state index in [9.17, 15) is 0 Å². The molecule has 0 aromatic carbocycles. The van der Waals surface area contributed by atoms with E-state index < -0.39 is 0 Å². The number of unbranched alkanes of at least 4 members (excludes halogenated alkanes) is 2. The van der Waals surface area contributed by atoms with E-state index in [0.717, 1.165) is 11.8 Å². The lowest BCUT2D eigenvalue weighted by atomic mass is 9.60. The quantitative estimate of drug-likeness (QED) is 0.198. The summed E-state index contributed by atoms with van der Waals surface area (Å²) in [4.78, 5) is 0. The second-order valence-electron chi connectivity index (χ2n) is 13.8. The third kappa shape index (κ3) is 7.32. The van der Waals surface area contributed by atoms with E-state index >= 15 is 0 Å². The highest BCUT2D eigenvalue weighted by molar-refractivity contribution is 5.37. The van der Waals surface area contributed by atoms with Gasteiger partial charge in [0.25, 0.3) is 0 Å². The summed E-state index contributed by atoms with van der Waals surface area (Å²) < 4.78 is 0. The predicted molar refractivity (Wildman–Crippen MR) is 159 cm³/mol. The summed E-state index contributed by atoms with van der Waals surface area (Å²) in [6.45, 7) is 4.83. The normalized spacial score (nSPS) is 25.7. The highest BCUT2D eigenvalue weighted by Gasteiger charge is 2.40. The van der Waals surface area contributed by atoms with Gasteiger partial charge in [-0.3, -0.25) is 0 Å². The second kappa shape index (κ2) is 14.6.